The number of likely N-dealkylation sites (N-methyl/N-ethyl adjacent to an activating group) is 1. The van der Waals surface area contributed by atoms with Crippen molar-refractivity contribution < 1.29 is 9.59 Å². The Balaban J connectivity index is 1.50. The summed E-state index contributed by atoms with van der Waals surface area (Å²) in [6, 6.07) is 14.7. The first-order chi connectivity index (χ1) is 13.0. The molecule has 0 unspecified atom stereocenters. The second kappa shape index (κ2) is 8.68. The summed E-state index contributed by atoms with van der Waals surface area (Å²) < 4.78 is 0. The van der Waals surface area contributed by atoms with Crippen molar-refractivity contribution in [2.24, 2.45) is 0 Å². The van der Waals surface area contributed by atoms with Crippen LogP contribution in [-0.2, 0) is 22.4 Å². The first-order valence-corrected chi connectivity index (χ1v) is 9.19. The van der Waals surface area contributed by atoms with Crippen molar-refractivity contribution in [3.63, 3.8) is 0 Å². The quantitative estimate of drug-likeness (QED) is 0.791. The summed E-state index contributed by atoms with van der Waals surface area (Å²) in [7, 11) is 2.07. The van der Waals surface area contributed by atoms with Gasteiger partial charge in [-0.1, -0.05) is 24.3 Å². The van der Waals surface area contributed by atoms with E-state index in [0.29, 0.717) is 18.5 Å². The number of rotatable bonds is 5. The number of benzene rings is 2. The van der Waals surface area contributed by atoms with Crippen LogP contribution in [0.2, 0.25) is 0 Å². The van der Waals surface area contributed by atoms with E-state index < -0.39 is 0 Å². The van der Waals surface area contributed by atoms with Crippen LogP contribution in [0.3, 0.4) is 0 Å². The Kier molecular flexibility index (Phi) is 6.08. The van der Waals surface area contributed by atoms with E-state index in [1.54, 1.807) is 12.1 Å². The van der Waals surface area contributed by atoms with Crippen molar-refractivity contribution in [2.45, 2.75) is 12.8 Å². The SMILES string of the molecule is CN1CCN(C(=O)Cc2ccc(NC(=O)Cc3ccc(N)cc3)cc2)CC1. The number of hydrogen-bond donors (Lipinski definition) is 2. The molecule has 1 aliphatic rings. The number of piperazine rings is 1. The molecule has 0 aliphatic carbocycles. The van der Waals surface area contributed by atoms with E-state index in [2.05, 4.69) is 17.3 Å². The number of amides is 2. The van der Waals surface area contributed by atoms with E-state index in [4.69, 9.17) is 5.73 Å². The smallest absolute Gasteiger partial charge is 0.228 e. The summed E-state index contributed by atoms with van der Waals surface area (Å²) in [5.74, 6) is 0.0734. The minimum Gasteiger partial charge on any atom is -0.399 e. The molecule has 1 saturated heterocycles. The largest absolute Gasteiger partial charge is 0.399 e. The zero-order valence-corrected chi connectivity index (χ0v) is 15.6. The lowest BCUT2D eigenvalue weighted by atomic mass is 10.1. The molecule has 142 valence electrons. The van der Waals surface area contributed by atoms with E-state index in [0.717, 1.165) is 43.0 Å². The van der Waals surface area contributed by atoms with Crippen LogP contribution in [0.5, 0.6) is 0 Å². The third-order valence-electron chi connectivity index (χ3n) is 4.79. The lowest BCUT2D eigenvalue weighted by Gasteiger charge is -2.32. The minimum absolute atomic E-state index is 0.0824. The maximum atomic E-state index is 12.4. The average molecular weight is 366 g/mol. The molecule has 1 fully saturated rings. The molecule has 6 nitrogen and oxygen atoms in total. The van der Waals surface area contributed by atoms with Crippen LogP contribution in [0.1, 0.15) is 11.1 Å². The number of hydrogen-bond acceptors (Lipinski definition) is 4. The van der Waals surface area contributed by atoms with E-state index in [1.807, 2.05) is 41.3 Å². The first-order valence-electron chi connectivity index (χ1n) is 9.19. The summed E-state index contributed by atoms with van der Waals surface area (Å²) in [6.45, 7) is 3.42. The van der Waals surface area contributed by atoms with Gasteiger partial charge in [-0.2, -0.15) is 0 Å². The van der Waals surface area contributed by atoms with Crippen LogP contribution >= 0.6 is 0 Å². The van der Waals surface area contributed by atoms with Crippen molar-refractivity contribution in [3.8, 4) is 0 Å². The van der Waals surface area contributed by atoms with Crippen LogP contribution in [0.25, 0.3) is 0 Å². The number of nitrogen functional groups attached to an aromatic ring is 1. The monoisotopic (exact) mass is 366 g/mol. The summed E-state index contributed by atoms with van der Waals surface area (Å²) in [5.41, 5.74) is 8.93. The molecule has 3 N–H and O–H groups in total. The molecule has 0 atom stereocenters. The van der Waals surface area contributed by atoms with Crippen LogP contribution in [0, 0.1) is 0 Å². The zero-order chi connectivity index (χ0) is 19.2. The summed E-state index contributed by atoms with van der Waals surface area (Å²) in [6.07, 6.45) is 0.688. The fourth-order valence-corrected chi connectivity index (χ4v) is 3.07. The van der Waals surface area contributed by atoms with Gasteiger partial charge in [0.2, 0.25) is 11.8 Å². The Bertz CT molecular complexity index is 779. The molecular weight excluding hydrogens is 340 g/mol. The van der Waals surface area contributed by atoms with Gasteiger partial charge in [0.25, 0.3) is 0 Å². The van der Waals surface area contributed by atoms with Gasteiger partial charge in [-0.25, -0.2) is 0 Å². The van der Waals surface area contributed by atoms with Crippen molar-refractivity contribution in [2.75, 3.05) is 44.3 Å². The highest BCUT2D eigenvalue weighted by Gasteiger charge is 2.19. The highest BCUT2D eigenvalue weighted by Crippen LogP contribution is 2.13. The van der Waals surface area contributed by atoms with E-state index in [-0.39, 0.29) is 11.8 Å². The molecule has 27 heavy (non-hydrogen) atoms. The molecule has 1 aliphatic heterocycles. The van der Waals surface area contributed by atoms with Crippen LogP contribution in [-0.4, -0.2) is 54.8 Å². The molecular formula is C21H26N4O2. The van der Waals surface area contributed by atoms with Gasteiger partial charge in [-0.05, 0) is 42.4 Å². The van der Waals surface area contributed by atoms with Gasteiger partial charge in [-0.3, -0.25) is 9.59 Å². The maximum Gasteiger partial charge on any atom is 0.228 e. The zero-order valence-electron chi connectivity index (χ0n) is 15.6. The molecule has 0 radical (unpaired) electrons. The second-order valence-corrected chi connectivity index (χ2v) is 7.02. The van der Waals surface area contributed by atoms with Gasteiger partial charge < -0.3 is 20.9 Å². The number of carbonyl (C=O) groups is 2. The topological polar surface area (TPSA) is 78.7 Å². The highest BCUT2D eigenvalue weighted by atomic mass is 16.2. The standard InChI is InChI=1S/C21H26N4O2/c1-24-10-12-25(13-11-24)21(27)15-17-4-8-19(9-5-17)23-20(26)14-16-2-6-18(22)7-3-16/h2-9H,10-15,22H2,1H3,(H,23,26). The lowest BCUT2D eigenvalue weighted by Crippen LogP contribution is -2.47. The van der Waals surface area contributed by atoms with Gasteiger partial charge in [0.1, 0.15) is 0 Å². The molecule has 2 aromatic carbocycles. The Labute approximate surface area is 159 Å². The van der Waals surface area contributed by atoms with Crippen molar-refractivity contribution in [1.82, 2.24) is 9.80 Å². The Hall–Kier alpha value is -2.86. The predicted molar refractivity (Wildman–Crippen MR) is 107 cm³/mol. The van der Waals surface area contributed by atoms with Crippen molar-refractivity contribution in [3.05, 3.63) is 59.7 Å². The molecule has 0 spiro atoms. The van der Waals surface area contributed by atoms with Gasteiger partial charge in [0, 0.05) is 37.6 Å². The minimum atomic E-state index is -0.0824. The number of carbonyl (C=O) groups excluding carboxylic acids is 2. The second-order valence-electron chi connectivity index (χ2n) is 7.02. The predicted octanol–water partition coefficient (Wildman–Crippen LogP) is 1.77. The third-order valence-corrected chi connectivity index (χ3v) is 4.79. The van der Waals surface area contributed by atoms with Crippen LogP contribution in [0.4, 0.5) is 11.4 Å². The van der Waals surface area contributed by atoms with E-state index in [1.165, 1.54) is 0 Å². The molecule has 1 heterocycles. The van der Waals surface area contributed by atoms with Gasteiger partial charge >= 0.3 is 0 Å². The van der Waals surface area contributed by atoms with Crippen molar-refractivity contribution in [1.29, 1.82) is 0 Å². The van der Waals surface area contributed by atoms with Gasteiger partial charge in [0.05, 0.1) is 12.8 Å². The van der Waals surface area contributed by atoms with Gasteiger partial charge in [-0.15, -0.1) is 0 Å². The van der Waals surface area contributed by atoms with Crippen molar-refractivity contribution >= 4 is 23.2 Å². The first kappa shape index (κ1) is 18.9. The number of nitrogens with one attached hydrogen (secondary N) is 1. The molecule has 2 aromatic rings. The Morgan fingerprint density at radius 3 is 2.07 bits per heavy atom. The van der Waals surface area contributed by atoms with Crippen LogP contribution < -0.4 is 11.1 Å². The molecule has 0 saturated carbocycles. The normalized spacial score (nSPS) is 14.8. The van der Waals surface area contributed by atoms with E-state index >= 15 is 0 Å². The number of nitrogens with two attached hydrogens (primary N) is 1. The highest BCUT2D eigenvalue weighted by molar-refractivity contribution is 5.92. The van der Waals surface area contributed by atoms with Gasteiger partial charge in [0.15, 0.2) is 0 Å². The Morgan fingerprint density at radius 1 is 0.889 bits per heavy atom. The molecule has 0 aromatic heterocycles. The third kappa shape index (κ3) is 5.56. The van der Waals surface area contributed by atoms with Crippen LogP contribution in [0.15, 0.2) is 48.5 Å². The summed E-state index contributed by atoms with van der Waals surface area (Å²) in [4.78, 5) is 28.7. The fraction of sp³-hybridized carbons (Fsp3) is 0.333. The fourth-order valence-electron chi connectivity index (χ4n) is 3.07. The molecule has 3 rings (SSSR count). The molecule has 0 bridgehead atoms. The van der Waals surface area contributed by atoms with E-state index in [9.17, 15) is 9.59 Å². The molecule has 2 amide bonds. The lowest BCUT2D eigenvalue weighted by molar-refractivity contribution is -0.132. The number of nitrogens with zero attached hydrogens (tertiary/aromatic N) is 2. The molecule has 6 heteroatoms. The maximum absolute atomic E-state index is 12.4. The Morgan fingerprint density at radius 2 is 1.44 bits per heavy atom. The summed E-state index contributed by atoms with van der Waals surface area (Å²) >= 11 is 0. The summed E-state index contributed by atoms with van der Waals surface area (Å²) in [5, 5.41) is 2.88. The average Bonchev–Trinajstić information content (AvgIpc) is 2.66. The number of anilines is 2.